The molecule has 2 aromatic carbocycles. The number of fused-ring (bicyclic) bond motifs is 1. The minimum atomic E-state index is -0.770. The van der Waals surface area contributed by atoms with Crippen LogP contribution in [0.2, 0.25) is 0 Å². The van der Waals surface area contributed by atoms with Crippen LogP contribution in [-0.4, -0.2) is 28.2 Å². The lowest BCUT2D eigenvalue weighted by atomic mass is 10.2. The zero-order valence-corrected chi connectivity index (χ0v) is 16.8. The minimum Gasteiger partial charge on any atom is -0.494 e. The van der Waals surface area contributed by atoms with E-state index < -0.39 is 17.3 Å². The lowest BCUT2D eigenvalue weighted by molar-refractivity contribution is -0.123. The molecule has 0 aliphatic carbocycles. The van der Waals surface area contributed by atoms with Crippen LogP contribution in [0.4, 0.5) is 0 Å². The third-order valence-electron chi connectivity index (χ3n) is 4.72. The number of para-hydroxylation sites is 1. The molecule has 3 aromatic rings. The van der Waals surface area contributed by atoms with E-state index >= 15 is 0 Å². The van der Waals surface area contributed by atoms with Gasteiger partial charge >= 0.3 is 5.69 Å². The number of carbonyl (C=O) groups is 1. The third-order valence-corrected chi connectivity index (χ3v) is 4.72. The van der Waals surface area contributed by atoms with Gasteiger partial charge in [-0.1, -0.05) is 19.1 Å². The van der Waals surface area contributed by atoms with Crippen molar-refractivity contribution in [2.45, 2.75) is 33.2 Å². The maximum absolute atomic E-state index is 13.3. The Balaban J connectivity index is 2.23. The predicted octanol–water partition coefficient (Wildman–Crippen LogP) is 2.64. The summed E-state index contributed by atoms with van der Waals surface area (Å²) in [6.07, 6.45) is 0.791. The van der Waals surface area contributed by atoms with Crippen LogP contribution in [0.15, 0.2) is 58.1 Å². The van der Waals surface area contributed by atoms with E-state index in [4.69, 9.17) is 4.74 Å². The fourth-order valence-electron chi connectivity index (χ4n) is 3.26. The molecule has 0 saturated carbocycles. The Hall–Kier alpha value is -3.35. The molecule has 152 valence electrons. The molecule has 0 saturated heterocycles. The summed E-state index contributed by atoms with van der Waals surface area (Å²) in [6.45, 7) is 6.54. The van der Waals surface area contributed by atoms with Crippen LogP contribution >= 0.6 is 0 Å². The number of nitrogens with one attached hydrogen (secondary N) is 1. The molecule has 7 nitrogen and oxygen atoms in total. The summed E-state index contributed by atoms with van der Waals surface area (Å²) in [6, 6.07) is 12.8. The highest BCUT2D eigenvalue weighted by molar-refractivity contribution is 5.84. The minimum absolute atomic E-state index is 0.268. The second kappa shape index (κ2) is 8.77. The van der Waals surface area contributed by atoms with Crippen LogP contribution < -0.4 is 21.3 Å². The molecule has 0 fully saturated rings. The van der Waals surface area contributed by atoms with Gasteiger partial charge in [-0.3, -0.25) is 14.2 Å². The van der Waals surface area contributed by atoms with Gasteiger partial charge in [0.1, 0.15) is 11.8 Å². The number of amides is 1. The largest absolute Gasteiger partial charge is 0.494 e. The fraction of sp³-hybridized carbons (Fsp3) is 0.318. The molecule has 1 amide bonds. The van der Waals surface area contributed by atoms with E-state index in [1.165, 1.54) is 4.57 Å². The Bertz CT molecular complexity index is 1130. The van der Waals surface area contributed by atoms with Gasteiger partial charge in [-0.25, -0.2) is 9.36 Å². The van der Waals surface area contributed by atoms with E-state index in [1.54, 1.807) is 55.5 Å². The Morgan fingerprint density at radius 3 is 2.41 bits per heavy atom. The maximum Gasteiger partial charge on any atom is 0.336 e. The molecule has 29 heavy (non-hydrogen) atoms. The van der Waals surface area contributed by atoms with Crippen LogP contribution in [0, 0.1) is 0 Å². The Morgan fingerprint density at radius 1 is 1.07 bits per heavy atom. The van der Waals surface area contributed by atoms with Crippen LogP contribution in [0.25, 0.3) is 16.6 Å². The number of carbonyl (C=O) groups excluding carboxylic acids is 1. The molecule has 1 aromatic heterocycles. The molecule has 1 N–H and O–H groups in total. The van der Waals surface area contributed by atoms with Gasteiger partial charge in [-0.15, -0.1) is 0 Å². The highest BCUT2D eigenvalue weighted by Gasteiger charge is 2.22. The lowest BCUT2D eigenvalue weighted by Crippen LogP contribution is -2.43. The summed E-state index contributed by atoms with van der Waals surface area (Å²) >= 11 is 0. The average Bonchev–Trinajstić information content (AvgIpc) is 2.73. The van der Waals surface area contributed by atoms with Crippen molar-refractivity contribution in [2.75, 3.05) is 13.2 Å². The summed E-state index contributed by atoms with van der Waals surface area (Å²) in [5, 5.41) is 3.19. The molecular weight excluding hydrogens is 370 g/mol. The molecule has 1 unspecified atom stereocenters. The SMILES string of the molecule is CCCNC(=O)C(C)n1c(=O)n(-c2ccc(OCC)cc2)c(=O)c2ccccc21. The molecule has 3 rings (SSSR count). The van der Waals surface area contributed by atoms with E-state index in [9.17, 15) is 14.4 Å². The normalized spacial score (nSPS) is 12.0. The van der Waals surface area contributed by atoms with Crippen LogP contribution in [-0.2, 0) is 4.79 Å². The van der Waals surface area contributed by atoms with Crippen molar-refractivity contribution in [3.8, 4) is 11.4 Å². The van der Waals surface area contributed by atoms with Gasteiger partial charge in [0.2, 0.25) is 5.91 Å². The Kier molecular flexibility index (Phi) is 6.16. The zero-order chi connectivity index (χ0) is 21.0. The lowest BCUT2D eigenvalue weighted by Gasteiger charge is -2.19. The standard InChI is InChI=1S/C22H25N3O4/c1-4-14-23-20(26)15(3)24-19-9-7-6-8-18(19)21(27)25(22(24)28)16-10-12-17(13-11-16)29-5-2/h6-13,15H,4-5,14H2,1-3H3,(H,23,26). The van der Waals surface area contributed by atoms with Gasteiger partial charge < -0.3 is 10.1 Å². The highest BCUT2D eigenvalue weighted by Crippen LogP contribution is 2.17. The van der Waals surface area contributed by atoms with Gasteiger partial charge in [0.25, 0.3) is 5.56 Å². The number of aromatic nitrogens is 2. The van der Waals surface area contributed by atoms with Crippen LogP contribution in [0.5, 0.6) is 5.75 Å². The molecule has 1 atom stereocenters. The van der Waals surface area contributed by atoms with Crippen LogP contribution in [0.1, 0.15) is 33.2 Å². The summed E-state index contributed by atoms with van der Waals surface area (Å²) in [5.41, 5.74) is -0.128. The second-order valence-corrected chi connectivity index (χ2v) is 6.70. The summed E-state index contributed by atoms with van der Waals surface area (Å²) < 4.78 is 7.91. The van der Waals surface area contributed by atoms with Crippen molar-refractivity contribution in [3.05, 3.63) is 69.4 Å². The van der Waals surface area contributed by atoms with Crippen molar-refractivity contribution in [3.63, 3.8) is 0 Å². The Labute approximate surface area is 168 Å². The van der Waals surface area contributed by atoms with Crippen molar-refractivity contribution in [2.24, 2.45) is 0 Å². The molecule has 0 spiro atoms. The number of hydrogen-bond donors (Lipinski definition) is 1. The van der Waals surface area contributed by atoms with Crippen molar-refractivity contribution in [1.82, 2.24) is 14.5 Å². The fourth-order valence-corrected chi connectivity index (χ4v) is 3.26. The summed E-state index contributed by atoms with van der Waals surface area (Å²) in [4.78, 5) is 39.0. The number of nitrogens with zero attached hydrogens (tertiary/aromatic N) is 2. The monoisotopic (exact) mass is 395 g/mol. The van der Waals surface area contributed by atoms with Crippen molar-refractivity contribution in [1.29, 1.82) is 0 Å². The number of ether oxygens (including phenoxy) is 1. The number of benzene rings is 2. The van der Waals surface area contributed by atoms with Gasteiger partial charge in [0, 0.05) is 6.54 Å². The zero-order valence-electron chi connectivity index (χ0n) is 16.8. The van der Waals surface area contributed by atoms with E-state index in [1.807, 2.05) is 13.8 Å². The highest BCUT2D eigenvalue weighted by atomic mass is 16.5. The van der Waals surface area contributed by atoms with Crippen molar-refractivity contribution >= 4 is 16.8 Å². The topological polar surface area (TPSA) is 82.3 Å². The molecular formula is C22H25N3O4. The number of hydrogen-bond acceptors (Lipinski definition) is 4. The first-order valence-corrected chi connectivity index (χ1v) is 9.76. The average molecular weight is 395 g/mol. The van der Waals surface area contributed by atoms with E-state index in [2.05, 4.69) is 5.32 Å². The van der Waals surface area contributed by atoms with Gasteiger partial charge in [-0.2, -0.15) is 0 Å². The summed E-state index contributed by atoms with van der Waals surface area (Å²) in [7, 11) is 0. The van der Waals surface area contributed by atoms with E-state index in [-0.39, 0.29) is 5.91 Å². The first-order chi connectivity index (χ1) is 14.0. The molecule has 1 heterocycles. The first-order valence-electron chi connectivity index (χ1n) is 9.76. The first kappa shape index (κ1) is 20.4. The van der Waals surface area contributed by atoms with Gasteiger partial charge in [-0.05, 0) is 56.7 Å². The third kappa shape index (κ3) is 3.94. The van der Waals surface area contributed by atoms with Gasteiger partial charge in [0.15, 0.2) is 0 Å². The number of rotatable bonds is 7. The maximum atomic E-state index is 13.3. The van der Waals surface area contributed by atoms with E-state index in [0.717, 1.165) is 11.0 Å². The quantitative estimate of drug-likeness (QED) is 0.667. The molecule has 0 radical (unpaired) electrons. The smallest absolute Gasteiger partial charge is 0.336 e. The van der Waals surface area contributed by atoms with Gasteiger partial charge in [0.05, 0.1) is 23.2 Å². The molecule has 7 heteroatoms. The molecule has 0 aliphatic rings. The van der Waals surface area contributed by atoms with Crippen LogP contribution in [0.3, 0.4) is 0 Å². The Morgan fingerprint density at radius 2 is 1.76 bits per heavy atom. The molecule has 0 bridgehead atoms. The van der Waals surface area contributed by atoms with Crippen molar-refractivity contribution < 1.29 is 9.53 Å². The molecule has 0 aliphatic heterocycles. The predicted molar refractivity (Wildman–Crippen MR) is 113 cm³/mol. The second-order valence-electron chi connectivity index (χ2n) is 6.70. The summed E-state index contributed by atoms with van der Waals surface area (Å²) in [5.74, 6) is 0.383. The van der Waals surface area contributed by atoms with E-state index in [0.29, 0.717) is 35.5 Å².